The zero-order valence-electron chi connectivity index (χ0n) is 25.1. The van der Waals surface area contributed by atoms with Crippen LogP contribution in [0.4, 0.5) is 28.9 Å². The summed E-state index contributed by atoms with van der Waals surface area (Å²) in [7, 11) is 0. The fraction of sp³-hybridized carbons (Fsp3) is 0.353. The van der Waals surface area contributed by atoms with Crippen LogP contribution < -0.4 is 10.6 Å². The third-order valence-corrected chi connectivity index (χ3v) is 5.52. The van der Waals surface area contributed by atoms with Crippen LogP contribution in [0.25, 0.3) is 0 Å². The second kappa shape index (κ2) is 23.3. The van der Waals surface area contributed by atoms with Crippen molar-refractivity contribution in [1.82, 2.24) is 0 Å². The molecule has 4 rings (SSSR count). The van der Waals surface area contributed by atoms with E-state index in [4.69, 9.17) is 0 Å². The summed E-state index contributed by atoms with van der Waals surface area (Å²) in [5.74, 6) is -3.84. The molecule has 2 N–H and O–H groups in total. The van der Waals surface area contributed by atoms with E-state index in [1.54, 1.807) is 0 Å². The minimum Gasteiger partial charge on any atom is -0.377 e. The van der Waals surface area contributed by atoms with Gasteiger partial charge in [0.25, 0.3) is 0 Å². The van der Waals surface area contributed by atoms with Crippen molar-refractivity contribution < 1.29 is 48.9 Å². The first kappa shape index (κ1) is 39.8. The summed E-state index contributed by atoms with van der Waals surface area (Å²) >= 11 is 0. The molecule has 2 aromatic carbocycles. The molecular weight excluding hydrogens is 592 g/mol. The molecule has 0 bridgehead atoms. The van der Waals surface area contributed by atoms with Gasteiger partial charge in [-0.15, -0.1) is 49.2 Å². The van der Waals surface area contributed by atoms with Crippen LogP contribution in [0.3, 0.4) is 0 Å². The van der Waals surface area contributed by atoms with Gasteiger partial charge in [-0.2, -0.15) is 12.2 Å². The standard InChI is InChI=1S/2C11H12F2NO.2C6H7.Ti/c2*1-2-3-4-11(15)14-10-6-5-8(12)7-9(10)13;2*1-6-4-2-3-5-6;/h2*5-6H,2-4H2,1H3,(H,14,15);2*2,4H,3H2,1H3;/q4*-1;+4. The topological polar surface area (TPSA) is 58.2 Å². The Labute approximate surface area is 268 Å². The molecule has 0 radical (unpaired) electrons. The number of hydrogen-bond donors (Lipinski definition) is 2. The number of nitrogens with one attached hydrogen (secondary N) is 2. The summed E-state index contributed by atoms with van der Waals surface area (Å²) in [6.45, 7) is 8.03. The molecule has 0 saturated carbocycles. The Balaban J connectivity index is 0.000000586. The van der Waals surface area contributed by atoms with Crippen molar-refractivity contribution >= 4 is 23.2 Å². The maximum absolute atomic E-state index is 13.0. The first-order valence-corrected chi connectivity index (χ1v) is 13.9. The van der Waals surface area contributed by atoms with Crippen molar-refractivity contribution in [1.29, 1.82) is 0 Å². The number of allylic oxidation sites excluding steroid dienone is 8. The second-order valence-electron chi connectivity index (χ2n) is 9.30. The molecule has 2 aliphatic carbocycles. The van der Waals surface area contributed by atoms with E-state index in [2.05, 4.69) is 60.9 Å². The molecule has 0 spiro atoms. The molecule has 43 heavy (non-hydrogen) atoms. The van der Waals surface area contributed by atoms with E-state index in [-0.39, 0.29) is 44.9 Å². The average Bonchev–Trinajstić information content (AvgIpc) is 3.64. The maximum atomic E-state index is 13.0. The summed E-state index contributed by atoms with van der Waals surface area (Å²) in [6, 6.07) is 8.18. The number of hydrogen-bond acceptors (Lipinski definition) is 2. The van der Waals surface area contributed by atoms with Crippen LogP contribution in [0.1, 0.15) is 79.1 Å². The van der Waals surface area contributed by atoms with E-state index >= 15 is 0 Å². The van der Waals surface area contributed by atoms with Gasteiger partial charge in [-0.05, 0) is 24.2 Å². The molecular formula is C34H38F4N2O2Ti. The molecule has 0 fully saturated rings. The molecule has 2 aliphatic rings. The number of carbonyl (C=O) groups excluding carboxylic acids is 2. The molecule has 0 saturated heterocycles. The number of unbranched alkanes of at least 4 members (excludes halogenated alkanes) is 2. The van der Waals surface area contributed by atoms with Gasteiger partial charge in [-0.1, -0.05) is 40.5 Å². The number of rotatable bonds is 8. The van der Waals surface area contributed by atoms with E-state index in [1.807, 2.05) is 26.0 Å². The largest absolute Gasteiger partial charge is 4.00 e. The summed E-state index contributed by atoms with van der Waals surface area (Å²) < 4.78 is 51.0. The van der Waals surface area contributed by atoms with Gasteiger partial charge in [-0.25, -0.2) is 40.9 Å². The SMILES string of the molecule is CC1=[C-]CC=C1.CC1=[C-]CC=C1.CCCCC(=O)Nc1ccc(F)[c-]c1F.CCCCC(=O)Nc1ccc(F)[c-]c1F.[Ti+4]. The summed E-state index contributed by atoms with van der Waals surface area (Å²) in [5.41, 5.74) is 2.49. The number of carbonyl (C=O) groups is 2. The third kappa shape index (κ3) is 18.8. The van der Waals surface area contributed by atoms with Crippen LogP contribution in [0.5, 0.6) is 0 Å². The van der Waals surface area contributed by atoms with Gasteiger partial charge in [-0.3, -0.25) is 21.7 Å². The van der Waals surface area contributed by atoms with Crippen molar-refractivity contribution in [3.8, 4) is 0 Å². The van der Waals surface area contributed by atoms with Gasteiger partial charge >= 0.3 is 21.7 Å². The number of amides is 2. The predicted molar refractivity (Wildman–Crippen MR) is 159 cm³/mol. The normalized spacial score (nSPS) is 12.2. The molecule has 228 valence electrons. The Kier molecular flexibility index (Phi) is 21.5. The van der Waals surface area contributed by atoms with E-state index in [1.165, 1.54) is 23.3 Å². The molecule has 4 nitrogen and oxygen atoms in total. The van der Waals surface area contributed by atoms with Crippen LogP contribution in [0, 0.1) is 47.6 Å². The molecule has 0 aliphatic heterocycles. The molecule has 0 atom stereocenters. The first-order chi connectivity index (χ1) is 20.0. The minimum absolute atomic E-state index is 0. The van der Waals surface area contributed by atoms with Crippen LogP contribution in [0.15, 0.2) is 59.7 Å². The smallest absolute Gasteiger partial charge is 0.377 e. The van der Waals surface area contributed by atoms with Gasteiger partial charge < -0.3 is 10.6 Å². The molecule has 9 heteroatoms. The fourth-order valence-corrected chi connectivity index (χ4v) is 3.21. The Morgan fingerprint density at radius 1 is 0.698 bits per heavy atom. The first-order valence-electron chi connectivity index (χ1n) is 13.9. The Hall–Kier alpha value is -3.23. The summed E-state index contributed by atoms with van der Waals surface area (Å²) in [5, 5.41) is 4.72. The Morgan fingerprint density at radius 3 is 1.30 bits per heavy atom. The van der Waals surface area contributed by atoms with Gasteiger partial charge in [0.15, 0.2) is 0 Å². The second-order valence-corrected chi connectivity index (χ2v) is 9.30. The van der Waals surface area contributed by atoms with Crippen LogP contribution in [-0.2, 0) is 31.3 Å². The zero-order chi connectivity index (χ0) is 31.3. The molecule has 0 aromatic heterocycles. The van der Waals surface area contributed by atoms with Crippen LogP contribution in [-0.4, -0.2) is 11.8 Å². The van der Waals surface area contributed by atoms with E-state index in [9.17, 15) is 27.2 Å². The van der Waals surface area contributed by atoms with Crippen molar-refractivity contribution in [3.63, 3.8) is 0 Å². The van der Waals surface area contributed by atoms with Crippen molar-refractivity contribution in [2.24, 2.45) is 0 Å². The zero-order valence-corrected chi connectivity index (χ0v) is 26.7. The van der Waals surface area contributed by atoms with Crippen molar-refractivity contribution in [3.05, 3.63) is 107 Å². The van der Waals surface area contributed by atoms with Crippen molar-refractivity contribution in [2.45, 2.75) is 79.1 Å². The summed E-state index contributed by atoms with van der Waals surface area (Å²) in [4.78, 5) is 22.4. The number of halogens is 4. The average molecular weight is 631 g/mol. The summed E-state index contributed by atoms with van der Waals surface area (Å²) in [6.07, 6.45) is 20.6. The van der Waals surface area contributed by atoms with Gasteiger partial charge in [0.05, 0.1) is 0 Å². The van der Waals surface area contributed by atoms with E-state index in [0.717, 1.165) is 50.7 Å². The molecule has 0 heterocycles. The monoisotopic (exact) mass is 630 g/mol. The number of anilines is 2. The number of benzene rings is 2. The van der Waals surface area contributed by atoms with Crippen LogP contribution >= 0.6 is 0 Å². The van der Waals surface area contributed by atoms with Gasteiger partial charge in [0, 0.05) is 36.1 Å². The Bertz CT molecular complexity index is 1170. The Morgan fingerprint density at radius 2 is 1.07 bits per heavy atom. The molecule has 2 aromatic rings. The van der Waals surface area contributed by atoms with Crippen LogP contribution in [0.2, 0.25) is 0 Å². The van der Waals surface area contributed by atoms with E-state index in [0.29, 0.717) is 12.8 Å². The molecule has 2 amide bonds. The third-order valence-electron chi connectivity index (χ3n) is 5.52. The fourth-order valence-electron chi connectivity index (χ4n) is 3.21. The van der Waals surface area contributed by atoms with Gasteiger partial charge in [0.2, 0.25) is 11.8 Å². The van der Waals surface area contributed by atoms with Gasteiger partial charge in [0.1, 0.15) is 0 Å². The van der Waals surface area contributed by atoms with E-state index < -0.39 is 23.3 Å². The minimum atomic E-state index is -0.875. The quantitative estimate of drug-likeness (QED) is 0.174. The molecule has 0 unspecified atom stereocenters. The van der Waals surface area contributed by atoms with Crippen molar-refractivity contribution in [2.75, 3.05) is 10.6 Å². The predicted octanol–water partition coefficient (Wildman–Crippen LogP) is 9.18. The maximum Gasteiger partial charge on any atom is 4.00 e.